The van der Waals surface area contributed by atoms with Crippen molar-refractivity contribution in [1.29, 1.82) is 5.26 Å². The molecule has 1 fully saturated rings. The molecule has 3 heterocycles. The number of hydrogen-bond donors (Lipinski definition) is 2. The van der Waals surface area contributed by atoms with Gasteiger partial charge in [-0.25, -0.2) is 9.97 Å². The molecule has 1 aliphatic rings. The Kier molecular flexibility index (Phi) is 3.37. The van der Waals surface area contributed by atoms with Gasteiger partial charge in [-0.1, -0.05) is 0 Å². The second-order valence-corrected chi connectivity index (χ2v) is 5.11. The van der Waals surface area contributed by atoms with E-state index in [2.05, 4.69) is 15.0 Å². The zero-order valence-electron chi connectivity index (χ0n) is 11.8. The van der Waals surface area contributed by atoms with Crippen molar-refractivity contribution in [3.05, 3.63) is 17.8 Å². The largest absolute Gasteiger partial charge is 0.387 e. The average Bonchev–Trinajstić information content (AvgIpc) is 3.02. The number of nitriles is 1. The number of aromatic nitrogens is 4. The van der Waals surface area contributed by atoms with Gasteiger partial charge >= 0.3 is 0 Å². The topological polar surface area (TPSA) is 134 Å². The molecule has 114 valence electrons. The molecule has 0 radical (unpaired) electrons. The molecule has 0 aromatic carbocycles. The molecular weight excluding hydrogens is 290 g/mol. The number of fused-ring (bicyclic) bond motifs is 1. The van der Waals surface area contributed by atoms with Crippen LogP contribution >= 0.6 is 0 Å². The van der Waals surface area contributed by atoms with E-state index in [4.69, 9.17) is 10.00 Å². The molecule has 9 heteroatoms. The van der Waals surface area contributed by atoms with Crippen LogP contribution in [0.1, 0.15) is 24.7 Å². The normalized spacial score (nSPS) is 28.0. The summed E-state index contributed by atoms with van der Waals surface area (Å²) in [6.07, 6.45) is -3.41. The molecule has 3 rings (SSSR count). The van der Waals surface area contributed by atoms with Gasteiger partial charge in [-0.15, -0.1) is 0 Å². The summed E-state index contributed by atoms with van der Waals surface area (Å²) in [7, 11) is 0. The monoisotopic (exact) mass is 303 g/mol. The molecule has 1 saturated heterocycles. The van der Waals surface area contributed by atoms with Gasteiger partial charge in [-0.3, -0.25) is 9.36 Å². The lowest BCUT2D eigenvalue weighted by atomic mass is 10.1. The van der Waals surface area contributed by atoms with Gasteiger partial charge in [0.05, 0.1) is 12.0 Å². The smallest absolute Gasteiger partial charge is 0.234 e. The maximum Gasteiger partial charge on any atom is 0.234 e. The lowest BCUT2D eigenvalue weighted by Crippen LogP contribution is -2.34. The number of aryl methyl sites for hydroxylation is 1. The highest BCUT2D eigenvalue weighted by molar-refractivity contribution is 5.81. The fourth-order valence-electron chi connectivity index (χ4n) is 2.52. The number of aliphatic hydroxyl groups is 2. The van der Waals surface area contributed by atoms with Gasteiger partial charge < -0.3 is 14.9 Å². The van der Waals surface area contributed by atoms with E-state index in [0.717, 1.165) is 0 Å². The lowest BCUT2D eigenvalue weighted by molar-refractivity contribution is -0.133. The number of imidazole rings is 1. The van der Waals surface area contributed by atoms with Crippen LogP contribution in [-0.4, -0.2) is 53.8 Å². The van der Waals surface area contributed by atoms with Crippen LogP contribution < -0.4 is 0 Å². The van der Waals surface area contributed by atoms with Crippen molar-refractivity contribution >= 4 is 16.9 Å². The second kappa shape index (κ2) is 5.10. The Hall–Kier alpha value is -2.41. The first kappa shape index (κ1) is 14.5. The molecular formula is C13H13N5O4. The van der Waals surface area contributed by atoms with E-state index in [0.29, 0.717) is 16.9 Å². The number of Topliss-reactive ketones (excluding diaryl/α,β-unsaturated/α-hetero) is 1. The van der Waals surface area contributed by atoms with Crippen molar-refractivity contribution in [3.63, 3.8) is 0 Å². The van der Waals surface area contributed by atoms with Crippen molar-refractivity contribution in [2.45, 2.75) is 38.4 Å². The maximum atomic E-state index is 11.4. The summed E-state index contributed by atoms with van der Waals surface area (Å²) in [5.41, 5.74) is 1.26. The van der Waals surface area contributed by atoms with Gasteiger partial charge in [0, 0.05) is 0 Å². The van der Waals surface area contributed by atoms with Gasteiger partial charge in [-0.05, 0) is 13.8 Å². The highest BCUT2D eigenvalue weighted by atomic mass is 16.6. The summed E-state index contributed by atoms with van der Waals surface area (Å²) in [6.45, 7) is 2.95. The first-order valence-corrected chi connectivity index (χ1v) is 6.57. The van der Waals surface area contributed by atoms with Crippen LogP contribution in [0.15, 0.2) is 6.33 Å². The Labute approximate surface area is 124 Å². The molecule has 1 aliphatic heterocycles. The van der Waals surface area contributed by atoms with Crippen LogP contribution in [0.4, 0.5) is 0 Å². The third kappa shape index (κ3) is 2.05. The van der Waals surface area contributed by atoms with Gasteiger partial charge in [-0.2, -0.15) is 10.2 Å². The van der Waals surface area contributed by atoms with Crippen LogP contribution in [-0.2, 0) is 9.53 Å². The number of ether oxygens (including phenoxy) is 1. The Morgan fingerprint density at radius 2 is 2.14 bits per heavy atom. The summed E-state index contributed by atoms with van der Waals surface area (Å²) >= 11 is 0. The molecule has 0 saturated carbocycles. The predicted molar refractivity (Wildman–Crippen MR) is 71.4 cm³/mol. The molecule has 9 nitrogen and oxygen atoms in total. The first-order valence-electron chi connectivity index (χ1n) is 6.57. The minimum absolute atomic E-state index is 0.0390. The van der Waals surface area contributed by atoms with Crippen LogP contribution in [0.2, 0.25) is 0 Å². The van der Waals surface area contributed by atoms with Crippen LogP contribution in [0.5, 0.6) is 0 Å². The van der Waals surface area contributed by atoms with Gasteiger partial charge in [0.25, 0.3) is 0 Å². The minimum Gasteiger partial charge on any atom is -0.387 e. The van der Waals surface area contributed by atoms with Gasteiger partial charge in [0.2, 0.25) is 5.82 Å². The lowest BCUT2D eigenvalue weighted by Gasteiger charge is -2.16. The fraction of sp³-hybridized carbons (Fsp3) is 0.462. The number of nitrogens with zero attached hydrogens (tertiary/aromatic N) is 5. The summed E-state index contributed by atoms with van der Waals surface area (Å²) in [5, 5.41) is 29.0. The first-order chi connectivity index (χ1) is 10.4. The van der Waals surface area contributed by atoms with Crippen LogP contribution in [0.3, 0.4) is 0 Å². The minimum atomic E-state index is -1.33. The van der Waals surface area contributed by atoms with E-state index in [-0.39, 0.29) is 11.6 Å². The number of ketones is 1. The SMILES string of the molecule is CC(=O)C1OC(n2cnc3c(C)nc(C#N)nc32)C(O)C1O. The van der Waals surface area contributed by atoms with E-state index in [9.17, 15) is 15.0 Å². The van der Waals surface area contributed by atoms with Crippen molar-refractivity contribution < 1.29 is 19.7 Å². The summed E-state index contributed by atoms with van der Waals surface area (Å²) < 4.78 is 6.83. The zero-order valence-corrected chi connectivity index (χ0v) is 11.8. The highest BCUT2D eigenvalue weighted by Gasteiger charge is 2.46. The molecule has 0 spiro atoms. The van der Waals surface area contributed by atoms with Crippen molar-refractivity contribution in [2.24, 2.45) is 0 Å². The molecule has 4 unspecified atom stereocenters. The summed E-state index contributed by atoms with van der Waals surface area (Å²) in [5.74, 6) is -0.426. The molecule has 2 aromatic heterocycles. The standard InChI is InChI=1S/C13H13N5O4/c1-5-8-12(17-7(3-14)16-5)18(4-15-8)13-10(21)9(20)11(22-13)6(2)19/h4,9-11,13,20-21H,1-2H3. The highest BCUT2D eigenvalue weighted by Crippen LogP contribution is 2.32. The summed E-state index contributed by atoms with van der Waals surface area (Å²) in [6, 6.07) is 1.84. The van der Waals surface area contributed by atoms with E-state index < -0.39 is 24.5 Å². The Morgan fingerprint density at radius 1 is 1.41 bits per heavy atom. The second-order valence-electron chi connectivity index (χ2n) is 5.11. The Morgan fingerprint density at radius 3 is 2.73 bits per heavy atom. The predicted octanol–water partition coefficient (Wildman–Crippen LogP) is -0.785. The quantitative estimate of drug-likeness (QED) is 0.737. The summed E-state index contributed by atoms with van der Waals surface area (Å²) in [4.78, 5) is 23.6. The Balaban J connectivity index is 2.10. The number of rotatable bonds is 2. The van der Waals surface area contributed by atoms with Crippen molar-refractivity contribution in [3.8, 4) is 6.07 Å². The maximum absolute atomic E-state index is 11.4. The fourth-order valence-corrected chi connectivity index (χ4v) is 2.52. The molecule has 22 heavy (non-hydrogen) atoms. The molecule has 0 bridgehead atoms. The van der Waals surface area contributed by atoms with E-state index in [1.54, 1.807) is 6.92 Å². The van der Waals surface area contributed by atoms with E-state index in [1.807, 2.05) is 6.07 Å². The molecule has 2 N–H and O–H groups in total. The number of hydrogen-bond acceptors (Lipinski definition) is 8. The van der Waals surface area contributed by atoms with Gasteiger partial charge in [0.1, 0.15) is 29.9 Å². The Bertz CT molecular complexity index is 796. The van der Waals surface area contributed by atoms with Crippen molar-refractivity contribution in [2.75, 3.05) is 0 Å². The number of carbonyl (C=O) groups is 1. The third-order valence-electron chi connectivity index (χ3n) is 3.61. The van der Waals surface area contributed by atoms with Gasteiger partial charge in [0.15, 0.2) is 17.7 Å². The van der Waals surface area contributed by atoms with E-state index >= 15 is 0 Å². The molecule has 2 aromatic rings. The third-order valence-corrected chi connectivity index (χ3v) is 3.61. The molecule has 0 aliphatic carbocycles. The van der Waals surface area contributed by atoms with Crippen LogP contribution in [0.25, 0.3) is 11.2 Å². The van der Waals surface area contributed by atoms with Crippen LogP contribution in [0, 0.1) is 18.3 Å². The van der Waals surface area contributed by atoms with E-state index in [1.165, 1.54) is 17.8 Å². The number of carbonyl (C=O) groups excluding carboxylic acids is 1. The molecule has 0 amide bonds. The zero-order chi connectivity index (χ0) is 16.0. The van der Waals surface area contributed by atoms with Crippen molar-refractivity contribution in [1.82, 2.24) is 19.5 Å². The number of aliphatic hydroxyl groups excluding tert-OH is 2. The molecule has 4 atom stereocenters. The average molecular weight is 303 g/mol.